The summed E-state index contributed by atoms with van der Waals surface area (Å²) < 4.78 is 14.7. The van der Waals surface area contributed by atoms with Crippen LogP contribution in [0.5, 0.6) is 0 Å². The Morgan fingerprint density at radius 1 is 1.35 bits per heavy atom. The van der Waals surface area contributed by atoms with Gasteiger partial charge in [-0.25, -0.2) is 4.39 Å². The maximum Gasteiger partial charge on any atom is 0.241 e. The summed E-state index contributed by atoms with van der Waals surface area (Å²) in [6, 6.07) is 11.9. The molecule has 2 aliphatic rings. The molecule has 1 atom stereocenters. The highest BCUT2D eigenvalue weighted by Gasteiger charge is 2.27. The number of fused-ring (bicyclic) bond motifs is 1. The molecule has 1 N–H and O–H groups in total. The van der Waals surface area contributed by atoms with E-state index in [1.807, 2.05) is 25.1 Å². The summed E-state index contributed by atoms with van der Waals surface area (Å²) in [6.45, 7) is 6.09. The fourth-order valence-electron chi connectivity index (χ4n) is 3.43. The van der Waals surface area contributed by atoms with Crippen LogP contribution in [-0.2, 0) is 4.79 Å². The number of carbonyl (C=O) groups is 1. The highest BCUT2D eigenvalue weighted by atomic mass is 19.1. The molecule has 2 aromatic rings. The Labute approximate surface area is 181 Å². The van der Waals surface area contributed by atoms with Crippen molar-refractivity contribution >= 4 is 23.6 Å². The average Bonchev–Trinajstić information content (AvgIpc) is 3.59. The third-order valence-electron chi connectivity index (χ3n) is 5.30. The SMILES string of the molecule is C#Cc1ccc2c(c1)C(c1ccccc1F)=N[C@H](C)C(=C)N2/C=N\CC(=O)NC1CC1. The number of halogens is 1. The van der Waals surface area contributed by atoms with Crippen molar-refractivity contribution in [1.82, 2.24) is 5.32 Å². The van der Waals surface area contributed by atoms with Crippen molar-refractivity contribution in [2.45, 2.75) is 31.8 Å². The highest BCUT2D eigenvalue weighted by Crippen LogP contribution is 2.32. The number of carbonyl (C=O) groups excluding carboxylic acids is 1. The summed E-state index contributed by atoms with van der Waals surface area (Å²) in [5.41, 5.74) is 3.61. The minimum absolute atomic E-state index is 0.0213. The monoisotopic (exact) mass is 414 g/mol. The molecule has 0 radical (unpaired) electrons. The number of nitrogens with one attached hydrogen (secondary N) is 1. The van der Waals surface area contributed by atoms with Gasteiger partial charge in [0, 0.05) is 28.4 Å². The standard InChI is InChI=1S/C25H23FN4O/c1-4-18-9-12-23-21(13-18)25(20-7-5-6-8-22(20)26)28-16(2)17(3)30(23)15-27-14-24(31)29-19-10-11-19/h1,5-9,12-13,15-16,19H,3,10-11,14H2,2H3,(H,29,31)/b27-15-/t16-/m1/s1. The van der Waals surface area contributed by atoms with E-state index in [0.717, 1.165) is 18.5 Å². The lowest BCUT2D eigenvalue weighted by molar-refractivity contribution is -0.119. The smallest absolute Gasteiger partial charge is 0.241 e. The summed E-state index contributed by atoms with van der Waals surface area (Å²) in [4.78, 5) is 22.9. The molecule has 1 fully saturated rings. The first-order chi connectivity index (χ1) is 15.0. The predicted octanol–water partition coefficient (Wildman–Crippen LogP) is 3.67. The van der Waals surface area contributed by atoms with E-state index in [2.05, 4.69) is 22.8 Å². The first-order valence-electron chi connectivity index (χ1n) is 10.2. The number of aliphatic imine (C=N–C) groups is 2. The number of rotatable bonds is 5. The van der Waals surface area contributed by atoms with Gasteiger partial charge < -0.3 is 10.2 Å². The fourth-order valence-corrected chi connectivity index (χ4v) is 3.43. The Morgan fingerprint density at radius 3 is 2.84 bits per heavy atom. The maximum absolute atomic E-state index is 14.7. The van der Waals surface area contributed by atoms with Gasteiger partial charge in [0.05, 0.1) is 23.8 Å². The molecule has 1 saturated carbocycles. The van der Waals surface area contributed by atoms with E-state index >= 15 is 0 Å². The summed E-state index contributed by atoms with van der Waals surface area (Å²) in [5, 5.41) is 2.91. The van der Waals surface area contributed by atoms with Gasteiger partial charge in [-0.2, -0.15) is 0 Å². The van der Waals surface area contributed by atoms with Crippen LogP contribution >= 0.6 is 0 Å². The van der Waals surface area contributed by atoms with Crippen LogP contribution in [0.3, 0.4) is 0 Å². The van der Waals surface area contributed by atoms with Gasteiger partial charge in [0.15, 0.2) is 0 Å². The molecule has 0 aromatic heterocycles. The summed E-state index contributed by atoms with van der Waals surface area (Å²) in [7, 11) is 0. The molecule has 4 rings (SSSR count). The van der Waals surface area contributed by atoms with E-state index in [1.54, 1.807) is 29.4 Å². The second kappa shape index (κ2) is 8.57. The minimum Gasteiger partial charge on any atom is -0.352 e. The molecule has 1 heterocycles. The molecule has 1 amide bonds. The largest absolute Gasteiger partial charge is 0.352 e. The van der Waals surface area contributed by atoms with E-state index in [9.17, 15) is 9.18 Å². The number of hydrogen-bond donors (Lipinski definition) is 1. The molecule has 1 aliphatic heterocycles. The number of hydrogen-bond acceptors (Lipinski definition) is 3. The Kier molecular flexibility index (Phi) is 5.68. The third-order valence-corrected chi connectivity index (χ3v) is 5.30. The number of terminal acetylenes is 1. The second-order valence-corrected chi connectivity index (χ2v) is 7.67. The molecule has 156 valence electrons. The van der Waals surface area contributed by atoms with Crippen LogP contribution in [0, 0.1) is 18.2 Å². The molecule has 0 spiro atoms. The fraction of sp³-hybridized carbons (Fsp3) is 0.240. The molecular weight excluding hydrogens is 391 g/mol. The Morgan fingerprint density at radius 2 is 2.13 bits per heavy atom. The number of amides is 1. The van der Waals surface area contributed by atoms with E-state index in [1.165, 1.54) is 6.07 Å². The van der Waals surface area contributed by atoms with Crippen LogP contribution < -0.4 is 10.2 Å². The zero-order chi connectivity index (χ0) is 22.0. The lowest BCUT2D eigenvalue weighted by atomic mass is 9.98. The molecule has 2 aromatic carbocycles. The van der Waals surface area contributed by atoms with Gasteiger partial charge in [-0.05, 0) is 50.1 Å². The van der Waals surface area contributed by atoms with E-state index < -0.39 is 0 Å². The van der Waals surface area contributed by atoms with E-state index in [0.29, 0.717) is 28.1 Å². The molecule has 0 saturated heterocycles. The van der Waals surface area contributed by atoms with Gasteiger partial charge >= 0.3 is 0 Å². The minimum atomic E-state index is -0.366. The number of nitrogens with zero attached hydrogens (tertiary/aromatic N) is 3. The van der Waals surface area contributed by atoms with Crippen molar-refractivity contribution in [3.05, 3.63) is 77.2 Å². The van der Waals surface area contributed by atoms with Crippen molar-refractivity contribution in [2.24, 2.45) is 9.98 Å². The van der Waals surface area contributed by atoms with Crippen LogP contribution in [0.1, 0.15) is 36.5 Å². The summed E-state index contributed by atoms with van der Waals surface area (Å²) in [6.07, 6.45) is 9.25. The van der Waals surface area contributed by atoms with Crippen molar-refractivity contribution < 1.29 is 9.18 Å². The third kappa shape index (κ3) is 4.41. The predicted molar refractivity (Wildman–Crippen MR) is 122 cm³/mol. The van der Waals surface area contributed by atoms with E-state index in [4.69, 9.17) is 11.4 Å². The van der Waals surface area contributed by atoms with Crippen LogP contribution in [0.15, 0.2) is 64.7 Å². The zero-order valence-corrected chi connectivity index (χ0v) is 17.3. The highest BCUT2D eigenvalue weighted by molar-refractivity contribution is 6.18. The van der Waals surface area contributed by atoms with Gasteiger partial charge in [-0.1, -0.05) is 24.6 Å². The van der Waals surface area contributed by atoms with Crippen molar-refractivity contribution in [3.63, 3.8) is 0 Å². The molecular formula is C25H23FN4O. The van der Waals surface area contributed by atoms with Crippen LogP contribution in [0.4, 0.5) is 10.1 Å². The zero-order valence-electron chi connectivity index (χ0n) is 17.3. The topological polar surface area (TPSA) is 57.1 Å². The number of benzodiazepines with no additional fused rings is 1. The number of anilines is 1. The van der Waals surface area contributed by atoms with Crippen LogP contribution in [0.25, 0.3) is 0 Å². The van der Waals surface area contributed by atoms with Gasteiger partial charge in [0.2, 0.25) is 5.91 Å². The van der Waals surface area contributed by atoms with Crippen LogP contribution in [0.2, 0.25) is 0 Å². The summed E-state index contributed by atoms with van der Waals surface area (Å²) in [5.74, 6) is 2.15. The van der Waals surface area contributed by atoms with Gasteiger partial charge in [-0.3, -0.25) is 14.8 Å². The van der Waals surface area contributed by atoms with Crippen LogP contribution in [-0.4, -0.2) is 36.6 Å². The van der Waals surface area contributed by atoms with Crippen molar-refractivity contribution in [2.75, 3.05) is 11.4 Å². The van der Waals surface area contributed by atoms with Crippen molar-refractivity contribution in [3.8, 4) is 12.3 Å². The quantitative estimate of drug-likeness (QED) is 0.461. The maximum atomic E-state index is 14.7. The second-order valence-electron chi connectivity index (χ2n) is 7.67. The van der Waals surface area contributed by atoms with Gasteiger partial charge in [0.1, 0.15) is 12.4 Å². The molecule has 1 aliphatic carbocycles. The average molecular weight is 414 g/mol. The number of benzene rings is 2. The molecule has 6 heteroatoms. The van der Waals surface area contributed by atoms with Crippen molar-refractivity contribution in [1.29, 1.82) is 0 Å². The van der Waals surface area contributed by atoms with Gasteiger partial charge in [0.25, 0.3) is 0 Å². The Bertz CT molecular complexity index is 1140. The molecule has 5 nitrogen and oxygen atoms in total. The Hall–Kier alpha value is -3.72. The lowest BCUT2D eigenvalue weighted by Crippen LogP contribution is -2.29. The molecule has 31 heavy (non-hydrogen) atoms. The van der Waals surface area contributed by atoms with E-state index in [-0.39, 0.29) is 30.4 Å². The molecule has 0 unspecified atom stereocenters. The first-order valence-corrected chi connectivity index (χ1v) is 10.2. The normalized spacial score (nSPS) is 18.2. The first kappa shape index (κ1) is 20.5. The summed E-state index contributed by atoms with van der Waals surface area (Å²) >= 11 is 0. The molecule has 0 bridgehead atoms. The lowest BCUT2D eigenvalue weighted by Gasteiger charge is -2.24. The Balaban J connectivity index is 1.75. The van der Waals surface area contributed by atoms with Gasteiger partial charge in [-0.15, -0.1) is 6.42 Å².